The van der Waals surface area contributed by atoms with Crippen LogP contribution in [-0.2, 0) is 6.54 Å². The van der Waals surface area contributed by atoms with Gasteiger partial charge in [-0.25, -0.2) is 9.18 Å². The van der Waals surface area contributed by atoms with E-state index in [0.717, 1.165) is 33.6 Å². The highest BCUT2D eigenvalue weighted by molar-refractivity contribution is 7.80. The Kier molecular flexibility index (Phi) is 5.56. The van der Waals surface area contributed by atoms with Crippen LogP contribution in [0.1, 0.15) is 22.5 Å². The van der Waals surface area contributed by atoms with Gasteiger partial charge >= 0.3 is 5.63 Å². The molecule has 2 heterocycles. The zero-order valence-corrected chi connectivity index (χ0v) is 18.1. The maximum absolute atomic E-state index is 13.5. The number of aryl methyl sites for hydroxylation is 2. The van der Waals surface area contributed by atoms with Crippen LogP contribution in [0.5, 0.6) is 0 Å². The molecule has 4 rings (SSSR count). The Hall–Kier alpha value is -3.52. The lowest BCUT2D eigenvalue weighted by Gasteiger charge is -2.12. The molecule has 0 amide bonds. The summed E-state index contributed by atoms with van der Waals surface area (Å²) in [6.07, 6.45) is 0. The molecule has 0 fully saturated rings. The Bertz CT molecular complexity index is 1360. The van der Waals surface area contributed by atoms with Gasteiger partial charge in [-0.2, -0.15) is 5.10 Å². The predicted octanol–water partition coefficient (Wildman–Crippen LogP) is 4.91. The van der Waals surface area contributed by atoms with Crippen LogP contribution < -0.4 is 16.3 Å². The fraction of sp³-hybridized carbons (Fsp3) is 0.174. The molecule has 0 saturated carbocycles. The minimum atomic E-state index is -0.389. The third-order valence-electron chi connectivity index (χ3n) is 5.05. The number of nitrogens with one attached hydrogen (secondary N) is 2. The summed E-state index contributed by atoms with van der Waals surface area (Å²) >= 11 is 5.47. The van der Waals surface area contributed by atoms with Crippen LogP contribution in [0, 0.1) is 26.6 Å². The van der Waals surface area contributed by atoms with Crippen molar-refractivity contribution in [1.29, 1.82) is 0 Å². The number of fused-ring (bicyclic) bond motifs is 1. The predicted molar refractivity (Wildman–Crippen MR) is 124 cm³/mol. The lowest BCUT2D eigenvalue weighted by atomic mass is 10.1. The molecule has 2 aromatic carbocycles. The molecule has 0 aliphatic rings. The second-order valence-electron chi connectivity index (χ2n) is 7.37. The van der Waals surface area contributed by atoms with Gasteiger partial charge in [-0.3, -0.25) is 4.68 Å². The third-order valence-corrected chi connectivity index (χ3v) is 5.25. The van der Waals surface area contributed by atoms with E-state index in [1.807, 2.05) is 43.7 Å². The Balaban J connectivity index is 1.52. The molecule has 4 aromatic rings. The summed E-state index contributed by atoms with van der Waals surface area (Å²) in [6, 6.07) is 13.4. The highest BCUT2D eigenvalue weighted by atomic mass is 32.1. The van der Waals surface area contributed by atoms with Gasteiger partial charge in [-0.1, -0.05) is 12.1 Å². The fourth-order valence-corrected chi connectivity index (χ4v) is 3.74. The van der Waals surface area contributed by atoms with Crippen molar-refractivity contribution in [2.24, 2.45) is 0 Å². The molecule has 0 unspecified atom stereocenters. The van der Waals surface area contributed by atoms with Gasteiger partial charge in [0.05, 0.1) is 23.6 Å². The van der Waals surface area contributed by atoms with E-state index >= 15 is 0 Å². The van der Waals surface area contributed by atoms with Crippen molar-refractivity contribution in [3.63, 3.8) is 0 Å². The molecule has 2 aromatic heterocycles. The number of hydrogen-bond acceptors (Lipinski definition) is 4. The van der Waals surface area contributed by atoms with Gasteiger partial charge in [-0.15, -0.1) is 0 Å². The molecule has 0 aliphatic heterocycles. The second-order valence-corrected chi connectivity index (χ2v) is 7.78. The summed E-state index contributed by atoms with van der Waals surface area (Å²) in [7, 11) is 0. The Morgan fingerprint density at radius 3 is 2.71 bits per heavy atom. The van der Waals surface area contributed by atoms with Gasteiger partial charge in [-0.05, 0) is 68.4 Å². The van der Waals surface area contributed by atoms with E-state index in [-0.39, 0.29) is 11.4 Å². The fourth-order valence-electron chi connectivity index (χ4n) is 3.52. The normalized spacial score (nSPS) is 11.0. The maximum Gasteiger partial charge on any atom is 0.336 e. The average Bonchev–Trinajstić information content (AvgIpc) is 2.95. The summed E-state index contributed by atoms with van der Waals surface area (Å²) in [4.78, 5) is 11.7. The molecule has 0 atom stereocenters. The van der Waals surface area contributed by atoms with Crippen molar-refractivity contribution < 1.29 is 8.81 Å². The molecule has 8 heteroatoms. The third kappa shape index (κ3) is 4.49. The van der Waals surface area contributed by atoms with E-state index in [9.17, 15) is 9.18 Å². The minimum absolute atomic E-state index is 0.274. The number of nitrogens with zero attached hydrogens (tertiary/aromatic N) is 2. The van der Waals surface area contributed by atoms with E-state index in [1.54, 1.807) is 12.1 Å². The lowest BCUT2D eigenvalue weighted by molar-refractivity contribution is 0.560. The van der Waals surface area contributed by atoms with Gasteiger partial charge < -0.3 is 15.1 Å². The first-order chi connectivity index (χ1) is 14.8. The van der Waals surface area contributed by atoms with E-state index in [1.165, 1.54) is 18.2 Å². The number of thiocarbonyl (C=S) groups is 1. The van der Waals surface area contributed by atoms with Crippen LogP contribution in [-0.4, -0.2) is 14.9 Å². The summed E-state index contributed by atoms with van der Waals surface area (Å²) in [5, 5.41) is 12.1. The largest absolute Gasteiger partial charge is 0.423 e. The van der Waals surface area contributed by atoms with Crippen molar-refractivity contribution in [3.05, 3.63) is 87.3 Å². The standard InChI is InChI=1S/C23H21FN4O2S/c1-13-9-21(29)30-20-11-18(7-8-19(13)20)25-23(31)26-22-14(2)27-28(15(22)3)12-16-5-4-6-17(24)10-16/h4-11H,12H2,1-3H3,(H2,25,26,31). The van der Waals surface area contributed by atoms with Crippen molar-refractivity contribution in [2.75, 3.05) is 10.6 Å². The number of rotatable bonds is 4. The molecular weight excluding hydrogens is 415 g/mol. The van der Waals surface area contributed by atoms with Gasteiger partial charge in [0.1, 0.15) is 11.4 Å². The number of anilines is 2. The molecule has 0 spiro atoms. The topological polar surface area (TPSA) is 72.1 Å². The van der Waals surface area contributed by atoms with E-state index < -0.39 is 0 Å². The zero-order valence-electron chi connectivity index (χ0n) is 17.3. The molecule has 0 radical (unpaired) electrons. The van der Waals surface area contributed by atoms with Crippen LogP contribution in [0.2, 0.25) is 0 Å². The Labute approximate surface area is 183 Å². The van der Waals surface area contributed by atoms with E-state index in [2.05, 4.69) is 15.7 Å². The summed E-state index contributed by atoms with van der Waals surface area (Å²) < 4.78 is 20.6. The minimum Gasteiger partial charge on any atom is -0.423 e. The smallest absolute Gasteiger partial charge is 0.336 e. The average molecular weight is 437 g/mol. The Morgan fingerprint density at radius 2 is 1.94 bits per heavy atom. The van der Waals surface area contributed by atoms with E-state index in [4.69, 9.17) is 16.6 Å². The van der Waals surface area contributed by atoms with Gasteiger partial charge in [0.2, 0.25) is 0 Å². The molecule has 0 aliphatic carbocycles. The van der Waals surface area contributed by atoms with Crippen LogP contribution in [0.25, 0.3) is 11.0 Å². The monoisotopic (exact) mass is 436 g/mol. The number of benzene rings is 2. The molecule has 31 heavy (non-hydrogen) atoms. The van der Waals surface area contributed by atoms with E-state index in [0.29, 0.717) is 22.9 Å². The van der Waals surface area contributed by atoms with Crippen molar-refractivity contribution in [3.8, 4) is 0 Å². The molecule has 0 bridgehead atoms. The number of hydrogen-bond donors (Lipinski definition) is 2. The van der Waals surface area contributed by atoms with Crippen molar-refractivity contribution in [2.45, 2.75) is 27.3 Å². The summed E-state index contributed by atoms with van der Waals surface area (Å²) in [5.41, 5.74) is 4.93. The first-order valence-corrected chi connectivity index (χ1v) is 10.1. The highest BCUT2D eigenvalue weighted by Crippen LogP contribution is 2.23. The first-order valence-electron chi connectivity index (χ1n) is 9.71. The van der Waals surface area contributed by atoms with Crippen LogP contribution in [0.15, 0.2) is 57.7 Å². The van der Waals surface area contributed by atoms with Crippen LogP contribution in [0.3, 0.4) is 0 Å². The van der Waals surface area contributed by atoms with Gasteiger partial charge in [0.25, 0.3) is 0 Å². The first kappa shape index (κ1) is 20.7. The second kappa shape index (κ2) is 8.31. The summed E-state index contributed by atoms with van der Waals surface area (Å²) in [6.45, 7) is 6.13. The van der Waals surface area contributed by atoms with Crippen molar-refractivity contribution in [1.82, 2.24) is 9.78 Å². The maximum atomic E-state index is 13.5. The quantitative estimate of drug-likeness (QED) is 0.350. The molecule has 2 N–H and O–H groups in total. The summed E-state index contributed by atoms with van der Waals surface area (Å²) in [5.74, 6) is -0.274. The molecular formula is C23H21FN4O2S. The van der Waals surface area contributed by atoms with Crippen LogP contribution >= 0.6 is 12.2 Å². The molecule has 158 valence electrons. The zero-order chi connectivity index (χ0) is 22.1. The molecule has 0 saturated heterocycles. The van der Waals surface area contributed by atoms with Crippen molar-refractivity contribution >= 4 is 39.7 Å². The molecule has 6 nitrogen and oxygen atoms in total. The Morgan fingerprint density at radius 1 is 1.13 bits per heavy atom. The number of aromatic nitrogens is 2. The highest BCUT2D eigenvalue weighted by Gasteiger charge is 2.14. The number of halogens is 1. The SMILES string of the molecule is Cc1nn(Cc2cccc(F)c2)c(C)c1NC(=S)Nc1ccc2c(C)cc(=O)oc2c1. The van der Waals surface area contributed by atoms with Crippen LogP contribution in [0.4, 0.5) is 15.8 Å². The van der Waals surface area contributed by atoms with Gasteiger partial charge in [0, 0.05) is 23.2 Å². The lowest BCUT2D eigenvalue weighted by Crippen LogP contribution is -2.20. The van der Waals surface area contributed by atoms with Gasteiger partial charge in [0.15, 0.2) is 5.11 Å².